The Kier molecular flexibility index (Phi) is 6.09. The van der Waals surface area contributed by atoms with Gasteiger partial charge in [0.15, 0.2) is 5.76 Å². The molecule has 2 atom stereocenters. The van der Waals surface area contributed by atoms with Gasteiger partial charge in [-0.2, -0.15) is 0 Å². The number of imidazole rings is 1. The molecular formula is C28H30ClN3O3. The second kappa shape index (κ2) is 9.08. The molecule has 2 bridgehead atoms. The number of aryl methyl sites for hydroxylation is 1. The Balaban J connectivity index is 1.51. The van der Waals surface area contributed by atoms with Gasteiger partial charge in [-0.1, -0.05) is 29.8 Å². The molecular weight excluding hydrogens is 462 g/mol. The Labute approximate surface area is 211 Å². The molecule has 0 aliphatic carbocycles. The molecule has 2 aliphatic rings. The first-order valence-corrected chi connectivity index (χ1v) is 12.3. The predicted octanol–water partition coefficient (Wildman–Crippen LogP) is 5.97. The molecule has 3 aromatic rings. The van der Waals surface area contributed by atoms with Crippen LogP contribution in [0.3, 0.4) is 0 Å². The molecule has 182 valence electrons. The lowest BCUT2D eigenvalue weighted by atomic mass is 9.81. The largest absolute Gasteiger partial charge is 0.495 e. The van der Waals surface area contributed by atoms with E-state index < -0.39 is 5.60 Å². The number of halogens is 1. The summed E-state index contributed by atoms with van der Waals surface area (Å²) in [5, 5.41) is 0.693. The quantitative estimate of drug-likeness (QED) is 0.422. The summed E-state index contributed by atoms with van der Waals surface area (Å²) in [6.45, 7) is 6.77. The van der Waals surface area contributed by atoms with Crippen LogP contribution in [0.2, 0.25) is 5.02 Å². The van der Waals surface area contributed by atoms with Crippen LogP contribution in [0.5, 0.6) is 5.75 Å². The highest BCUT2D eigenvalue weighted by Crippen LogP contribution is 2.43. The van der Waals surface area contributed by atoms with Crippen molar-refractivity contribution in [1.82, 2.24) is 14.5 Å². The highest BCUT2D eigenvalue weighted by Gasteiger charge is 2.45. The zero-order valence-corrected chi connectivity index (χ0v) is 21.2. The smallest absolute Gasteiger partial charge is 0.289 e. The van der Waals surface area contributed by atoms with E-state index in [-0.39, 0.29) is 17.9 Å². The Morgan fingerprint density at radius 3 is 2.63 bits per heavy atom. The number of ether oxygens (including phenoxy) is 2. The molecule has 0 spiro atoms. The molecule has 3 heterocycles. The maximum absolute atomic E-state index is 13.8. The number of benzene rings is 2. The Bertz CT molecular complexity index is 1280. The summed E-state index contributed by atoms with van der Waals surface area (Å²) in [6.07, 6.45) is 7.42. The fourth-order valence-electron chi connectivity index (χ4n) is 5.14. The van der Waals surface area contributed by atoms with Gasteiger partial charge >= 0.3 is 0 Å². The molecule has 7 heteroatoms. The highest BCUT2D eigenvalue weighted by atomic mass is 35.5. The van der Waals surface area contributed by atoms with Gasteiger partial charge in [-0.15, -0.1) is 0 Å². The van der Waals surface area contributed by atoms with E-state index in [9.17, 15) is 4.79 Å². The minimum absolute atomic E-state index is 0.00157. The number of aromatic nitrogens is 2. The summed E-state index contributed by atoms with van der Waals surface area (Å²) >= 11 is 6.11. The molecule has 0 radical (unpaired) electrons. The molecule has 35 heavy (non-hydrogen) atoms. The minimum Gasteiger partial charge on any atom is -0.495 e. The molecule has 2 aliphatic heterocycles. The molecule has 2 saturated heterocycles. The molecule has 0 N–H and O–H groups in total. The van der Waals surface area contributed by atoms with Crippen molar-refractivity contribution in [3.05, 3.63) is 82.6 Å². The average molecular weight is 492 g/mol. The Morgan fingerprint density at radius 2 is 1.94 bits per heavy atom. The second-order valence-corrected chi connectivity index (χ2v) is 10.3. The lowest BCUT2D eigenvalue weighted by Gasteiger charge is -2.41. The minimum atomic E-state index is -0.459. The summed E-state index contributed by atoms with van der Waals surface area (Å²) in [5.74, 6) is 1.21. The fraction of sp³-hybridized carbons (Fsp3) is 0.357. The van der Waals surface area contributed by atoms with Gasteiger partial charge in [0.1, 0.15) is 11.4 Å². The van der Waals surface area contributed by atoms with Gasteiger partial charge in [0.05, 0.1) is 30.9 Å². The van der Waals surface area contributed by atoms with E-state index in [1.807, 2.05) is 71.1 Å². The van der Waals surface area contributed by atoms with Crippen molar-refractivity contribution >= 4 is 23.6 Å². The number of rotatable bonds is 4. The van der Waals surface area contributed by atoms with E-state index in [4.69, 9.17) is 21.1 Å². The van der Waals surface area contributed by atoms with Gasteiger partial charge in [0.25, 0.3) is 5.91 Å². The first-order valence-electron chi connectivity index (χ1n) is 11.9. The van der Waals surface area contributed by atoms with Crippen molar-refractivity contribution in [2.75, 3.05) is 13.7 Å². The molecule has 0 unspecified atom stereocenters. The van der Waals surface area contributed by atoms with Gasteiger partial charge in [0, 0.05) is 23.7 Å². The SMILES string of the molecule is COc1cc(/C=C2\OC(C)(C)[C@@H]3CC[C@@H](c4ccc(Cl)cc4)N(C3)C2=O)ccc1-n1cnc(C)c1. The standard InChI is InChI=1S/C28H30ClN3O3/c1-18-15-31(17-30-18)24-11-5-19(13-25(24)34-4)14-26-27(33)32-16-21(28(2,3)35-26)8-12-23(32)20-6-9-22(29)10-7-20/h5-7,9-11,13-15,17,21,23H,8,12,16H2,1-4H3/b26-14-/t21-,23+/m1/s1. The maximum Gasteiger partial charge on any atom is 0.289 e. The fourth-order valence-corrected chi connectivity index (χ4v) is 5.27. The monoisotopic (exact) mass is 491 g/mol. The van der Waals surface area contributed by atoms with Crippen LogP contribution in [0.15, 0.2) is 60.7 Å². The van der Waals surface area contributed by atoms with Gasteiger partial charge in [-0.3, -0.25) is 4.79 Å². The van der Waals surface area contributed by atoms with Crippen LogP contribution in [0, 0.1) is 12.8 Å². The number of carbonyl (C=O) groups excluding carboxylic acids is 1. The molecule has 6 nitrogen and oxygen atoms in total. The third-order valence-corrected chi connectivity index (χ3v) is 7.41. The number of methoxy groups -OCH3 is 1. The summed E-state index contributed by atoms with van der Waals surface area (Å²) in [5.41, 5.74) is 3.28. The van der Waals surface area contributed by atoms with E-state index in [1.54, 1.807) is 13.4 Å². The van der Waals surface area contributed by atoms with Gasteiger partial charge in [-0.25, -0.2) is 4.98 Å². The normalized spacial score (nSPS) is 22.6. The zero-order chi connectivity index (χ0) is 24.7. The highest BCUT2D eigenvalue weighted by molar-refractivity contribution is 6.30. The Morgan fingerprint density at radius 1 is 1.17 bits per heavy atom. The first kappa shape index (κ1) is 23.5. The molecule has 1 aromatic heterocycles. The van der Waals surface area contributed by atoms with E-state index in [2.05, 4.69) is 18.8 Å². The number of amides is 1. The number of carbonyl (C=O) groups is 1. The van der Waals surface area contributed by atoms with Gasteiger partial charge < -0.3 is 18.9 Å². The van der Waals surface area contributed by atoms with Crippen molar-refractivity contribution in [2.24, 2.45) is 5.92 Å². The van der Waals surface area contributed by atoms with Crippen molar-refractivity contribution in [1.29, 1.82) is 0 Å². The molecule has 2 aromatic carbocycles. The first-order chi connectivity index (χ1) is 16.7. The van der Waals surface area contributed by atoms with Crippen LogP contribution in [-0.2, 0) is 9.53 Å². The summed E-state index contributed by atoms with van der Waals surface area (Å²) in [7, 11) is 1.64. The van der Waals surface area contributed by atoms with Crippen LogP contribution >= 0.6 is 11.6 Å². The number of hydrogen-bond donors (Lipinski definition) is 0. The summed E-state index contributed by atoms with van der Waals surface area (Å²) < 4.78 is 14.0. The van der Waals surface area contributed by atoms with Crippen molar-refractivity contribution in [3.63, 3.8) is 0 Å². The summed E-state index contributed by atoms with van der Waals surface area (Å²) in [4.78, 5) is 20.1. The lowest BCUT2D eigenvalue weighted by molar-refractivity contribution is -0.132. The van der Waals surface area contributed by atoms with Gasteiger partial charge in [-0.05, 0) is 75.1 Å². The third kappa shape index (κ3) is 4.55. The van der Waals surface area contributed by atoms with E-state index in [0.717, 1.165) is 35.3 Å². The van der Waals surface area contributed by atoms with Crippen LogP contribution in [0.1, 0.15) is 49.6 Å². The molecule has 0 saturated carbocycles. The maximum atomic E-state index is 13.8. The van der Waals surface area contributed by atoms with E-state index in [1.165, 1.54) is 0 Å². The number of fused-ring (bicyclic) bond motifs is 2. The molecule has 1 amide bonds. The number of piperidine rings is 1. The molecule has 5 rings (SSSR count). The number of nitrogens with zero attached hydrogens (tertiary/aromatic N) is 3. The van der Waals surface area contributed by atoms with E-state index in [0.29, 0.717) is 23.1 Å². The third-order valence-electron chi connectivity index (χ3n) is 7.16. The van der Waals surface area contributed by atoms with Crippen LogP contribution < -0.4 is 4.74 Å². The Hall–Kier alpha value is -3.25. The van der Waals surface area contributed by atoms with Gasteiger partial charge in [0.2, 0.25) is 0 Å². The lowest BCUT2D eigenvalue weighted by Crippen LogP contribution is -2.45. The summed E-state index contributed by atoms with van der Waals surface area (Å²) in [6, 6.07) is 13.7. The van der Waals surface area contributed by atoms with Crippen LogP contribution in [0.4, 0.5) is 0 Å². The topological polar surface area (TPSA) is 56.6 Å². The van der Waals surface area contributed by atoms with Crippen LogP contribution in [-0.4, -0.2) is 39.6 Å². The van der Waals surface area contributed by atoms with Crippen molar-refractivity contribution in [3.8, 4) is 11.4 Å². The zero-order valence-electron chi connectivity index (χ0n) is 20.5. The van der Waals surface area contributed by atoms with Crippen molar-refractivity contribution in [2.45, 2.75) is 45.3 Å². The van der Waals surface area contributed by atoms with Crippen LogP contribution in [0.25, 0.3) is 11.8 Å². The van der Waals surface area contributed by atoms with E-state index >= 15 is 0 Å². The predicted molar refractivity (Wildman–Crippen MR) is 137 cm³/mol. The molecule has 2 fully saturated rings. The average Bonchev–Trinajstić information content (AvgIpc) is 3.26. The van der Waals surface area contributed by atoms with Crippen molar-refractivity contribution < 1.29 is 14.3 Å². The second-order valence-electron chi connectivity index (χ2n) is 9.87. The number of hydrogen-bond acceptors (Lipinski definition) is 4.